The van der Waals surface area contributed by atoms with Crippen molar-refractivity contribution in [3.8, 4) is 0 Å². The first-order chi connectivity index (χ1) is 9.69. The highest BCUT2D eigenvalue weighted by atomic mass is 16.5. The summed E-state index contributed by atoms with van der Waals surface area (Å²) in [4.78, 5) is 2.01. The Bertz CT molecular complexity index is 400. The molecule has 0 spiro atoms. The summed E-state index contributed by atoms with van der Waals surface area (Å²) >= 11 is 0. The first-order valence-corrected chi connectivity index (χ1v) is 7.06. The molecule has 7 heteroatoms. The van der Waals surface area contributed by atoms with Gasteiger partial charge in [0, 0.05) is 14.2 Å². The molecule has 20 heavy (non-hydrogen) atoms. The molecule has 0 saturated carbocycles. The molecule has 0 radical (unpaired) electrons. The van der Waals surface area contributed by atoms with Crippen molar-refractivity contribution in [2.45, 2.75) is 38.5 Å². The molecule has 0 amide bonds. The molecule has 1 N–H and O–H groups in total. The van der Waals surface area contributed by atoms with Gasteiger partial charge in [-0.15, -0.1) is 5.10 Å². The average Bonchev–Trinajstić information content (AvgIpc) is 3.10. The van der Waals surface area contributed by atoms with E-state index in [2.05, 4.69) is 22.4 Å². The van der Waals surface area contributed by atoms with E-state index in [4.69, 9.17) is 13.9 Å². The molecule has 1 aromatic rings. The zero-order chi connectivity index (χ0) is 14.5. The lowest BCUT2D eigenvalue weighted by Gasteiger charge is -2.13. The summed E-state index contributed by atoms with van der Waals surface area (Å²) in [6, 6.07) is 0.599. The Kier molecular flexibility index (Phi) is 5.33. The fourth-order valence-electron chi connectivity index (χ4n) is 2.33. The minimum absolute atomic E-state index is 0.0333. The van der Waals surface area contributed by atoms with E-state index in [1.807, 2.05) is 11.8 Å². The molecule has 0 aromatic carbocycles. The number of aromatic nitrogens is 2. The van der Waals surface area contributed by atoms with E-state index in [-0.39, 0.29) is 18.2 Å². The maximum atomic E-state index is 5.74. The van der Waals surface area contributed by atoms with Gasteiger partial charge in [0.05, 0.1) is 19.1 Å². The number of rotatable bonds is 7. The summed E-state index contributed by atoms with van der Waals surface area (Å²) < 4.78 is 16.6. The minimum Gasteiger partial charge on any atom is -0.406 e. The van der Waals surface area contributed by atoms with Gasteiger partial charge in [-0.25, -0.2) is 0 Å². The van der Waals surface area contributed by atoms with E-state index in [9.17, 15) is 0 Å². The van der Waals surface area contributed by atoms with Crippen LogP contribution in [0.2, 0.25) is 0 Å². The van der Waals surface area contributed by atoms with Crippen LogP contribution in [0.5, 0.6) is 0 Å². The highest BCUT2D eigenvalue weighted by Crippen LogP contribution is 2.23. The standard InChI is InChI=1S/C13H24N4O3/c1-5-6-14-9(2)12-15-16-13(20-12)17-7-10(18-3)11(8-17)19-4/h9-11,14H,5-8H2,1-4H3. The summed E-state index contributed by atoms with van der Waals surface area (Å²) in [7, 11) is 3.38. The van der Waals surface area contributed by atoms with Gasteiger partial charge in [0.15, 0.2) is 0 Å². The normalized spacial score (nSPS) is 24.3. The minimum atomic E-state index is 0.0333. The van der Waals surface area contributed by atoms with E-state index in [1.165, 1.54) is 0 Å². The molecule has 3 unspecified atom stereocenters. The van der Waals surface area contributed by atoms with Crippen LogP contribution >= 0.6 is 0 Å². The van der Waals surface area contributed by atoms with Crippen LogP contribution in [0.1, 0.15) is 32.2 Å². The quantitative estimate of drug-likeness (QED) is 0.800. The van der Waals surface area contributed by atoms with Gasteiger partial charge in [0.2, 0.25) is 5.89 Å². The molecule has 7 nitrogen and oxygen atoms in total. The lowest BCUT2D eigenvalue weighted by Crippen LogP contribution is -2.27. The Labute approximate surface area is 119 Å². The topological polar surface area (TPSA) is 72.7 Å². The fourth-order valence-corrected chi connectivity index (χ4v) is 2.33. The van der Waals surface area contributed by atoms with Crippen molar-refractivity contribution in [1.29, 1.82) is 0 Å². The average molecular weight is 284 g/mol. The number of nitrogens with one attached hydrogen (secondary N) is 1. The van der Waals surface area contributed by atoms with E-state index in [0.29, 0.717) is 25.0 Å². The van der Waals surface area contributed by atoms with Crippen LogP contribution in [0, 0.1) is 0 Å². The Balaban J connectivity index is 1.99. The maximum Gasteiger partial charge on any atom is 0.318 e. The molecule has 3 atom stereocenters. The van der Waals surface area contributed by atoms with Gasteiger partial charge in [-0.3, -0.25) is 0 Å². The number of hydrogen-bond acceptors (Lipinski definition) is 7. The molecule has 1 aliphatic rings. The van der Waals surface area contributed by atoms with E-state index in [1.54, 1.807) is 14.2 Å². The fraction of sp³-hybridized carbons (Fsp3) is 0.846. The number of anilines is 1. The van der Waals surface area contributed by atoms with E-state index in [0.717, 1.165) is 13.0 Å². The molecule has 1 saturated heterocycles. The smallest absolute Gasteiger partial charge is 0.318 e. The van der Waals surface area contributed by atoms with Gasteiger partial charge in [-0.1, -0.05) is 12.0 Å². The highest BCUT2D eigenvalue weighted by Gasteiger charge is 2.35. The molecule has 0 bridgehead atoms. The first kappa shape index (κ1) is 15.2. The van der Waals surface area contributed by atoms with Crippen molar-refractivity contribution in [1.82, 2.24) is 15.5 Å². The van der Waals surface area contributed by atoms with Crippen molar-refractivity contribution in [3.05, 3.63) is 5.89 Å². The third-order valence-electron chi connectivity index (χ3n) is 3.59. The van der Waals surface area contributed by atoms with Crippen molar-refractivity contribution in [3.63, 3.8) is 0 Å². The van der Waals surface area contributed by atoms with E-state index >= 15 is 0 Å². The van der Waals surface area contributed by atoms with Crippen LogP contribution in [0.25, 0.3) is 0 Å². The van der Waals surface area contributed by atoms with Gasteiger partial charge < -0.3 is 24.1 Å². The lowest BCUT2D eigenvalue weighted by molar-refractivity contribution is -0.00461. The van der Waals surface area contributed by atoms with Crippen molar-refractivity contribution in [2.24, 2.45) is 0 Å². The molecule has 1 aliphatic heterocycles. The predicted octanol–water partition coefficient (Wildman–Crippen LogP) is 0.980. The molecule has 2 heterocycles. The Hall–Kier alpha value is -1.18. The Morgan fingerprint density at radius 2 is 1.95 bits per heavy atom. The van der Waals surface area contributed by atoms with Crippen LogP contribution in [-0.4, -0.2) is 56.3 Å². The Morgan fingerprint density at radius 3 is 2.50 bits per heavy atom. The zero-order valence-electron chi connectivity index (χ0n) is 12.6. The SMILES string of the molecule is CCCNC(C)c1nnc(N2CC(OC)C(OC)C2)o1. The predicted molar refractivity (Wildman–Crippen MR) is 74.8 cm³/mol. The van der Waals surface area contributed by atoms with E-state index < -0.39 is 0 Å². The molecule has 2 rings (SSSR count). The molecular weight excluding hydrogens is 260 g/mol. The molecule has 0 aliphatic carbocycles. The second-order valence-corrected chi connectivity index (χ2v) is 5.05. The Morgan fingerprint density at radius 1 is 1.30 bits per heavy atom. The van der Waals surface area contributed by atoms with Gasteiger partial charge in [-0.2, -0.15) is 0 Å². The maximum absolute atomic E-state index is 5.74. The van der Waals surface area contributed by atoms with Crippen molar-refractivity contribution < 1.29 is 13.9 Å². The summed E-state index contributed by atoms with van der Waals surface area (Å²) in [5.41, 5.74) is 0. The van der Waals surface area contributed by atoms with Gasteiger partial charge in [0.25, 0.3) is 0 Å². The second-order valence-electron chi connectivity index (χ2n) is 5.05. The second kappa shape index (κ2) is 7.01. The molecular formula is C13H24N4O3. The summed E-state index contributed by atoms with van der Waals surface area (Å²) in [5.74, 6) is 0.614. The highest BCUT2D eigenvalue weighted by molar-refractivity contribution is 5.28. The molecule has 1 aromatic heterocycles. The van der Waals surface area contributed by atoms with Gasteiger partial charge in [-0.05, 0) is 19.9 Å². The van der Waals surface area contributed by atoms with Crippen molar-refractivity contribution in [2.75, 3.05) is 38.8 Å². The van der Waals surface area contributed by atoms with Crippen LogP contribution in [0.4, 0.5) is 6.01 Å². The zero-order valence-corrected chi connectivity index (χ0v) is 12.6. The number of nitrogens with zero attached hydrogens (tertiary/aromatic N) is 3. The van der Waals surface area contributed by atoms with Crippen LogP contribution in [-0.2, 0) is 9.47 Å². The summed E-state index contributed by atoms with van der Waals surface area (Å²) in [5, 5.41) is 11.6. The third-order valence-corrected chi connectivity index (χ3v) is 3.59. The van der Waals surface area contributed by atoms with Crippen LogP contribution in [0.15, 0.2) is 4.42 Å². The number of methoxy groups -OCH3 is 2. The molecule has 114 valence electrons. The largest absolute Gasteiger partial charge is 0.406 e. The van der Waals surface area contributed by atoms with Crippen molar-refractivity contribution >= 4 is 6.01 Å². The number of ether oxygens (including phenoxy) is 2. The van der Waals surface area contributed by atoms with Crippen LogP contribution in [0.3, 0.4) is 0 Å². The lowest BCUT2D eigenvalue weighted by atomic mass is 10.3. The number of hydrogen-bond donors (Lipinski definition) is 1. The summed E-state index contributed by atoms with van der Waals surface area (Å²) in [6.07, 6.45) is 1.14. The van der Waals surface area contributed by atoms with Crippen LogP contribution < -0.4 is 10.2 Å². The monoisotopic (exact) mass is 284 g/mol. The summed E-state index contributed by atoms with van der Waals surface area (Å²) in [6.45, 7) is 6.48. The molecule has 1 fully saturated rings. The van der Waals surface area contributed by atoms with Gasteiger partial charge in [0.1, 0.15) is 12.2 Å². The van der Waals surface area contributed by atoms with Gasteiger partial charge >= 0.3 is 6.01 Å². The first-order valence-electron chi connectivity index (χ1n) is 7.06. The third kappa shape index (κ3) is 3.28.